The number of aliphatic imine (C=N–C) groups is 1. The van der Waals surface area contributed by atoms with Crippen LogP contribution in [0.15, 0.2) is 35.6 Å². The number of benzene rings is 1. The van der Waals surface area contributed by atoms with Crippen molar-refractivity contribution in [1.82, 2.24) is 9.97 Å². The van der Waals surface area contributed by atoms with Crippen molar-refractivity contribution in [2.75, 3.05) is 38.3 Å². The lowest BCUT2D eigenvalue weighted by atomic mass is 10.0. The zero-order valence-corrected chi connectivity index (χ0v) is 16.3. The number of fused-ring (bicyclic) bond motifs is 1. The molecule has 1 N–H and O–H groups in total. The molecule has 3 heterocycles. The van der Waals surface area contributed by atoms with Gasteiger partial charge in [-0.05, 0) is 31.0 Å². The first-order valence-electron chi connectivity index (χ1n) is 9.69. The lowest BCUT2D eigenvalue weighted by Crippen LogP contribution is -2.22. The van der Waals surface area contributed by atoms with Crippen molar-refractivity contribution in [2.24, 2.45) is 10.9 Å². The minimum atomic E-state index is -0.0230. The average Bonchev–Trinajstić information content (AvgIpc) is 3.35. The summed E-state index contributed by atoms with van der Waals surface area (Å²) >= 11 is 0. The summed E-state index contributed by atoms with van der Waals surface area (Å²) in [6.07, 6.45) is 2.56. The molecule has 2 aromatic rings. The Morgan fingerprint density at radius 3 is 2.96 bits per heavy atom. The summed E-state index contributed by atoms with van der Waals surface area (Å²) in [7, 11) is 1.67. The maximum Gasteiger partial charge on any atom is 0.132 e. The first kappa shape index (κ1) is 18.8. The predicted octanol–water partition coefficient (Wildman–Crippen LogP) is 2.06. The number of aliphatic hydroxyl groups excluding tert-OH is 1. The summed E-state index contributed by atoms with van der Waals surface area (Å²) in [6, 6.07) is 8.07. The van der Waals surface area contributed by atoms with E-state index in [4.69, 9.17) is 14.5 Å². The molecule has 2 aliphatic heterocycles. The highest BCUT2D eigenvalue weighted by Crippen LogP contribution is 2.28. The van der Waals surface area contributed by atoms with Crippen LogP contribution in [0.3, 0.4) is 0 Å². The number of hydrogen-bond acceptors (Lipinski definition) is 7. The van der Waals surface area contributed by atoms with Crippen molar-refractivity contribution < 1.29 is 14.6 Å². The third-order valence-corrected chi connectivity index (χ3v) is 5.25. The van der Waals surface area contributed by atoms with Gasteiger partial charge in [-0.1, -0.05) is 6.07 Å². The van der Waals surface area contributed by atoms with Crippen molar-refractivity contribution in [1.29, 1.82) is 0 Å². The van der Waals surface area contributed by atoms with E-state index in [0.717, 1.165) is 48.0 Å². The van der Waals surface area contributed by atoms with E-state index in [9.17, 15) is 5.11 Å². The lowest BCUT2D eigenvalue weighted by Gasteiger charge is -2.18. The fourth-order valence-electron chi connectivity index (χ4n) is 3.80. The second-order valence-electron chi connectivity index (χ2n) is 7.41. The van der Waals surface area contributed by atoms with E-state index in [2.05, 4.69) is 20.9 Å². The van der Waals surface area contributed by atoms with E-state index in [1.807, 2.05) is 25.1 Å². The van der Waals surface area contributed by atoms with Gasteiger partial charge in [0, 0.05) is 44.4 Å². The minimum Gasteiger partial charge on any atom is -0.488 e. The molecule has 7 heteroatoms. The second-order valence-corrected chi connectivity index (χ2v) is 7.41. The van der Waals surface area contributed by atoms with Crippen LogP contribution in [0, 0.1) is 5.92 Å². The Labute approximate surface area is 165 Å². The van der Waals surface area contributed by atoms with Crippen molar-refractivity contribution in [3.05, 3.63) is 47.4 Å². The van der Waals surface area contributed by atoms with Gasteiger partial charge >= 0.3 is 0 Å². The number of hydrogen-bond donors (Lipinski definition) is 1. The summed E-state index contributed by atoms with van der Waals surface area (Å²) in [6.45, 7) is 5.12. The van der Waals surface area contributed by atoms with Crippen molar-refractivity contribution in [2.45, 2.75) is 26.0 Å². The van der Waals surface area contributed by atoms with Crippen molar-refractivity contribution >= 4 is 11.5 Å². The van der Waals surface area contributed by atoms with Gasteiger partial charge in [0.15, 0.2) is 0 Å². The molecular formula is C21H26N4O3. The molecule has 0 unspecified atom stereocenters. The maximum absolute atomic E-state index is 9.39. The van der Waals surface area contributed by atoms with Crippen molar-refractivity contribution in [3.63, 3.8) is 0 Å². The fourth-order valence-corrected chi connectivity index (χ4v) is 3.80. The summed E-state index contributed by atoms with van der Waals surface area (Å²) in [5.41, 5.74) is 3.92. The van der Waals surface area contributed by atoms with Crippen LogP contribution in [-0.4, -0.2) is 60.3 Å². The molecule has 7 nitrogen and oxygen atoms in total. The van der Waals surface area contributed by atoms with E-state index >= 15 is 0 Å². The number of aliphatic hydroxyl groups is 1. The van der Waals surface area contributed by atoms with Gasteiger partial charge in [-0.3, -0.25) is 4.99 Å². The number of anilines is 1. The summed E-state index contributed by atoms with van der Waals surface area (Å²) in [5, 5.41) is 9.39. The molecule has 2 aliphatic rings. The standard InChI is InChI=1S/C21H26N4O3/c1-14(12-27-2)28-17-4-3-16-9-22-21(18(16)7-17)19-8-20(24-13-23-19)25-6-5-15(10-25)11-26/h3-4,7-8,13-15,26H,5-6,9-12H2,1-2H3/t14-,15-/m0/s1. The zero-order valence-electron chi connectivity index (χ0n) is 16.3. The number of methoxy groups -OCH3 is 1. The molecule has 0 bridgehead atoms. The van der Waals surface area contributed by atoms with Gasteiger partial charge in [-0.25, -0.2) is 9.97 Å². The SMILES string of the molecule is COC[C@H](C)Oc1ccc2c(c1)C(c1cc(N3CC[C@H](CO)C3)ncn1)=NC2. The molecule has 148 valence electrons. The van der Waals surface area contributed by atoms with Crippen LogP contribution in [0.25, 0.3) is 0 Å². The average molecular weight is 382 g/mol. The second kappa shape index (κ2) is 8.24. The van der Waals surface area contributed by atoms with Gasteiger partial charge in [0.2, 0.25) is 0 Å². The molecule has 0 aliphatic carbocycles. The van der Waals surface area contributed by atoms with Gasteiger partial charge in [0.05, 0.1) is 24.6 Å². The highest BCUT2D eigenvalue weighted by molar-refractivity contribution is 6.14. The predicted molar refractivity (Wildman–Crippen MR) is 107 cm³/mol. The van der Waals surface area contributed by atoms with Crippen LogP contribution in [0.5, 0.6) is 5.75 Å². The van der Waals surface area contributed by atoms with E-state index in [-0.39, 0.29) is 12.7 Å². The third-order valence-electron chi connectivity index (χ3n) is 5.25. The number of rotatable bonds is 7. The molecule has 28 heavy (non-hydrogen) atoms. The highest BCUT2D eigenvalue weighted by Gasteiger charge is 2.25. The molecule has 4 rings (SSSR count). The summed E-state index contributed by atoms with van der Waals surface area (Å²) in [4.78, 5) is 15.8. The molecule has 0 radical (unpaired) electrons. The van der Waals surface area contributed by atoms with Gasteiger partial charge in [0.1, 0.15) is 24.0 Å². The minimum absolute atomic E-state index is 0.0230. The Kier molecular flexibility index (Phi) is 5.54. The molecule has 0 saturated carbocycles. The lowest BCUT2D eigenvalue weighted by molar-refractivity contribution is 0.0921. The Morgan fingerprint density at radius 2 is 2.18 bits per heavy atom. The maximum atomic E-state index is 9.39. The van der Waals surface area contributed by atoms with Crippen LogP contribution < -0.4 is 9.64 Å². The van der Waals surface area contributed by atoms with Gasteiger partial charge in [0.25, 0.3) is 0 Å². The Hall–Kier alpha value is -2.51. The van der Waals surface area contributed by atoms with E-state index < -0.39 is 0 Å². The van der Waals surface area contributed by atoms with Gasteiger partial charge in [-0.15, -0.1) is 0 Å². The van der Waals surface area contributed by atoms with Crippen LogP contribution in [0.2, 0.25) is 0 Å². The van der Waals surface area contributed by atoms with E-state index in [1.54, 1.807) is 13.4 Å². The topological polar surface area (TPSA) is 80.1 Å². The van der Waals surface area contributed by atoms with Crippen LogP contribution in [-0.2, 0) is 11.3 Å². The highest BCUT2D eigenvalue weighted by atomic mass is 16.5. The molecule has 0 spiro atoms. The summed E-state index contributed by atoms with van der Waals surface area (Å²) in [5.74, 6) is 2.01. The zero-order chi connectivity index (χ0) is 19.5. The fraction of sp³-hybridized carbons (Fsp3) is 0.476. The normalized spacial score (nSPS) is 19.5. The van der Waals surface area contributed by atoms with Crippen LogP contribution in [0.1, 0.15) is 30.2 Å². The first-order valence-corrected chi connectivity index (χ1v) is 9.69. The van der Waals surface area contributed by atoms with Crippen molar-refractivity contribution in [3.8, 4) is 5.75 Å². The molecule has 1 aromatic carbocycles. The molecule has 0 amide bonds. The Balaban J connectivity index is 1.56. The molecule has 2 atom stereocenters. The summed E-state index contributed by atoms with van der Waals surface area (Å²) < 4.78 is 11.1. The molecule has 1 aromatic heterocycles. The quantitative estimate of drug-likeness (QED) is 0.790. The number of ether oxygens (including phenoxy) is 2. The molecule has 1 saturated heterocycles. The Bertz CT molecular complexity index is 870. The number of nitrogens with zero attached hydrogens (tertiary/aromatic N) is 4. The smallest absolute Gasteiger partial charge is 0.132 e. The number of aromatic nitrogens is 2. The molecular weight excluding hydrogens is 356 g/mol. The van der Waals surface area contributed by atoms with Gasteiger partial charge in [-0.2, -0.15) is 0 Å². The third kappa shape index (κ3) is 3.86. The molecule has 1 fully saturated rings. The van der Waals surface area contributed by atoms with E-state index in [0.29, 0.717) is 19.1 Å². The first-order chi connectivity index (χ1) is 13.7. The van der Waals surface area contributed by atoms with Crippen LogP contribution in [0.4, 0.5) is 5.82 Å². The van der Waals surface area contributed by atoms with Gasteiger partial charge < -0.3 is 19.5 Å². The largest absolute Gasteiger partial charge is 0.488 e. The Morgan fingerprint density at radius 1 is 1.29 bits per heavy atom. The monoisotopic (exact) mass is 382 g/mol. The van der Waals surface area contributed by atoms with Crippen LogP contribution >= 0.6 is 0 Å². The van der Waals surface area contributed by atoms with E-state index in [1.165, 1.54) is 5.56 Å².